The number of hydrogen-bond acceptors (Lipinski definition) is 3. The first-order valence-electron chi connectivity index (χ1n) is 3.40. The fourth-order valence-corrected chi connectivity index (χ4v) is 0.908. The Morgan fingerprint density at radius 2 is 2.14 bits per heavy atom. The molecule has 0 aliphatic heterocycles. The maximum absolute atomic E-state index is 12.7. The van der Waals surface area contributed by atoms with Gasteiger partial charge in [-0.3, -0.25) is 0 Å². The van der Waals surface area contributed by atoms with E-state index < -0.39 is 35.2 Å². The fourth-order valence-electron chi connectivity index (χ4n) is 0.908. The summed E-state index contributed by atoms with van der Waals surface area (Å²) in [6.07, 6.45) is -2.69. The van der Waals surface area contributed by atoms with Crippen molar-refractivity contribution >= 4 is 11.7 Å². The summed E-state index contributed by atoms with van der Waals surface area (Å²) >= 11 is 0. The molecule has 0 saturated heterocycles. The number of hydrogen-bond donors (Lipinski definition) is 2. The van der Waals surface area contributed by atoms with Crippen LogP contribution in [0.2, 0.25) is 0 Å². The number of anilines is 1. The van der Waals surface area contributed by atoms with Crippen LogP contribution in [0.1, 0.15) is 22.5 Å². The predicted molar refractivity (Wildman–Crippen MR) is 40.5 cm³/mol. The van der Waals surface area contributed by atoms with E-state index in [1.54, 1.807) is 0 Å². The summed E-state index contributed by atoms with van der Waals surface area (Å²) in [6, 6.07) is 0. The quantitative estimate of drug-likeness (QED) is 0.767. The van der Waals surface area contributed by atoms with Gasteiger partial charge in [0.2, 0.25) is 0 Å². The van der Waals surface area contributed by atoms with Crippen molar-refractivity contribution < 1.29 is 23.1 Å². The van der Waals surface area contributed by atoms with Gasteiger partial charge in [-0.2, -0.15) is 0 Å². The Balaban J connectivity index is 3.45. The van der Waals surface area contributed by atoms with Gasteiger partial charge in [-0.05, 0) is 0 Å². The molecule has 0 aliphatic carbocycles. The molecule has 0 spiro atoms. The van der Waals surface area contributed by atoms with Gasteiger partial charge >= 0.3 is 5.97 Å². The minimum absolute atomic E-state index is 0.491. The molecule has 1 rings (SSSR count). The number of aromatic nitrogens is 1. The standard InChI is InChI=1S/C7H5F3N2O2/c8-2-1-12-5(7(13)14)3(4(2)11)6(9)10/h1,6H,(H2,11,12)(H,13,14). The van der Waals surface area contributed by atoms with E-state index >= 15 is 0 Å². The average molecular weight is 206 g/mol. The van der Waals surface area contributed by atoms with Crippen LogP contribution in [0, 0.1) is 5.82 Å². The van der Waals surface area contributed by atoms with Crippen molar-refractivity contribution in [1.29, 1.82) is 0 Å². The average Bonchev–Trinajstić information content (AvgIpc) is 2.08. The molecule has 0 amide bonds. The molecule has 3 N–H and O–H groups in total. The minimum atomic E-state index is -3.18. The highest BCUT2D eigenvalue weighted by Gasteiger charge is 2.24. The molecule has 0 aromatic carbocycles. The van der Waals surface area contributed by atoms with E-state index in [1.165, 1.54) is 0 Å². The lowest BCUT2D eigenvalue weighted by molar-refractivity contribution is 0.0677. The number of pyridine rings is 1. The molecule has 4 nitrogen and oxygen atoms in total. The van der Waals surface area contributed by atoms with Crippen molar-refractivity contribution in [3.05, 3.63) is 23.3 Å². The summed E-state index contributed by atoms with van der Waals surface area (Å²) in [5, 5.41) is 8.46. The van der Waals surface area contributed by atoms with E-state index in [1.807, 2.05) is 0 Å². The van der Waals surface area contributed by atoms with Crippen LogP contribution in [-0.4, -0.2) is 16.1 Å². The lowest BCUT2D eigenvalue weighted by atomic mass is 10.1. The minimum Gasteiger partial charge on any atom is -0.476 e. The molecule has 0 bridgehead atoms. The van der Waals surface area contributed by atoms with E-state index in [0.717, 1.165) is 0 Å². The van der Waals surface area contributed by atoms with Crippen molar-refractivity contribution in [1.82, 2.24) is 4.98 Å². The van der Waals surface area contributed by atoms with E-state index in [4.69, 9.17) is 10.8 Å². The van der Waals surface area contributed by atoms with Gasteiger partial charge < -0.3 is 10.8 Å². The summed E-state index contributed by atoms with van der Waals surface area (Å²) in [7, 11) is 0. The molecule has 1 aromatic heterocycles. The van der Waals surface area contributed by atoms with Gasteiger partial charge in [0, 0.05) is 0 Å². The Kier molecular flexibility index (Phi) is 2.59. The lowest BCUT2D eigenvalue weighted by Crippen LogP contribution is -2.10. The number of carboxylic acid groups (broad SMARTS) is 1. The number of carbonyl (C=O) groups is 1. The number of nitrogen functional groups attached to an aromatic ring is 1. The molecule has 1 heterocycles. The third-order valence-electron chi connectivity index (χ3n) is 1.53. The number of alkyl halides is 2. The zero-order chi connectivity index (χ0) is 10.9. The van der Waals surface area contributed by atoms with E-state index in [2.05, 4.69) is 4.98 Å². The highest BCUT2D eigenvalue weighted by Crippen LogP contribution is 2.29. The zero-order valence-corrected chi connectivity index (χ0v) is 6.67. The summed E-state index contributed by atoms with van der Waals surface area (Å²) in [5.74, 6) is -2.84. The maximum atomic E-state index is 12.7. The highest BCUT2D eigenvalue weighted by atomic mass is 19.3. The van der Waals surface area contributed by atoms with Gasteiger partial charge in [0.15, 0.2) is 11.5 Å². The van der Waals surface area contributed by atoms with Crippen LogP contribution in [0.15, 0.2) is 6.20 Å². The van der Waals surface area contributed by atoms with Crippen LogP contribution >= 0.6 is 0 Å². The van der Waals surface area contributed by atoms with Crippen molar-refractivity contribution in [3.63, 3.8) is 0 Å². The van der Waals surface area contributed by atoms with Gasteiger partial charge in [0.05, 0.1) is 17.4 Å². The molecule has 0 unspecified atom stereocenters. The summed E-state index contributed by atoms with van der Waals surface area (Å²) in [6.45, 7) is 0. The highest BCUT2D eigenvalue weighted by molar-refractivity contribution is 5.88. The monoisotopic (exact) mass is 206 g/mol. The zero-order valence-electron chi connectivity index (χ0n) is 6.67. The Hall–Kier alpha value is -1.79. The fraction of sp³-hybridized carbons (Fsp3) is 0.143. The molecular weight excluding hydrogens is 201 g/mol. The molecule has 0 saturated carbocycles. The van der Waals surface area contributed by atoms with Gasteiger partial charge in [-0.1, -0.05) is 0 Å². The molecule has 76 valence electrons. The van der Waals surface area contributed by atoms with Gasteiger partial charge in [-0.25, -0.2) is 22.9 Å². The van der Waals surface area contributed by atoms with E-state index in [0.29, 0.717) is 6.20 Å². The second-order valence-electron chi connectivity index (χ2n) is 2.39. The molecule has 1 aromatic rings. The van der Waals surface area contributed by atoms with Crippen molar-refractivity contribution in [2.75, 3.05) is 5.73 Å². The Labute approximate surface area is 76.2 Å². The largest absolute Gasteiger partial charge is 0.476 e. The Morgan fingerprint density at radius 3 is 2.57 bits per heavy atom. The molecule has 0 aliphatic rings. The number of carboxylic acids is 1. The lowest BCUT2D eigenvalue weighted by Gasteiger charge is -2.07. The first-order chi connectivity index (χ1) is 6.45. The molecule has 14 heavy (non-hydrogen) atoms. The Morgan fingerprint density at radius 1 is 1.57 bits per heavy atom. The van der Waals surface area contributed by atoms with E-state index in [-0.39, 0.29) is 0 Å². The molecular formula is C7H5F3N2O2. The number of nitrogens with zero attached hydrogens (tertiary/aromatic N) is 1. The number of aromatic carboxylic acids is 1. The smallest absolute Gasteiger partial charge is 0.355 e. The van der Waals surface area contributed by atoms with Gasteiger partial charge in [-0.15, -0.1) is 0 Å². The van der Waals surface area contributed by atoms with E-state index in [9.17, 15) is 18.0 Å². The second kappa shape index (κ2) is 3.52. The maximum Gasteiger partial charge on any atom is 0.355 e. The number of nitrogens with two attached hydrogens (primary N) is 1. The van der Waals surface area contributed by atoms with Crippen molar-refractivity contribution in [3.8, 4) is 0 Å². The summed E-state index contributed by atoms with van der Waals surface area (Å²) < 4.78 is 37.2. The van der Waals surface area contributed by atoms with Crippen molar-refractivity contribution in [2.24, 2.45) is 0 Å². The van der Waals surface area contributed by atoms with Crippen LogP contribution in [0.4, 0.5) is 18.9 Å². The molecule has 7 heteroatoms. The third-order valence-corrected chi connectivity index (χ3v) is 1.53. The van der Waals surface area contributed by atoms with Crippen LogP contribution in [0.3, 0.4) is 0 Å². The van der Waals surface area contributed by atoms with Crippen LogP contribution in [0.5, 0.6) is 0 Å². The SMILES string of the molecule is Nc1c(F)cnc(C(=O)O)c1C(F)F. The summed E-state index contributed by atoms with van der Waals surface area (Å²) in [4.78, 5) is 13.4. The molecule has 0 atom stereocenters. The normalized spacial score (nSPS) is 10.6. The second-order valence-corrected chi connectivity index (χ2v) is 2.39. The van der Waals surface area contributed by atoms with Gasteiger partial charge in [0.25, 0.3) is 6.43 Å². The molecule has 0 radical (unpaired) electrons. The Bertz CT molecular complexity index is 381. The van der Waals surface area contributed by atoms with Crippen LogP contribution in [-0.2, 0) is 0 Å². The molecule has 0 fully saturated rings. The number of halogens is 3. The number of rotatable bonds is 2. The first-order valence-corrected chi connectivity index (χ1v) is 3.40. The first kappa shape index (κ1) is 10.3. The van der Waals surface area contributed by atoms with Gasteiger partial charge in [0.1, 0.15) is 0 Å². The topological polar surface area (TPSA) is 76.2 Å². The predicted octanol–water partition coefficient (Wildman–Crippen LogP) is 1.44. The van der Waals surface area contributed by atoms with Crippen LogP contribution < -0.4 is 5.73 Å². The van der Waals surface area contributed by atoms with Crippen LogP contribution in [0.25, 0.3) is 0 Å². The summed E-state index contributed by atoms with van der Waals surface area (Å²) in [5.41, 5.74) is 2.06. The third kappa shape index (κ3) is 1.61. The van der Waals surface area contributed by atoms with Crippen molar-refractivity contribution in [2.45, 2.75) is 6.43 Å².